The standard InChI is InChI=1S/C62H47N5/c1-62(2,3)46-37-38-63-59(39-46)67-58-41-50(34-36-54(58)55-35-33-45-23-13-14-28-53(45)61(55)67)66(47-24-11-6-12-25-47)49-27-17-26-48(40-49)64-42-65(57-32-16-15-31-56(57)64)60-51(43-19-7-4-8-20-43)29-18-30-52(60)44-21-9-5-10-22-44/h4-41H,1-3H3/i4D,5D,7D,8D,9D,10D,19D,20D,21D,22D. The van der Waals surface area contributed by atoms with E-state index in [0.717, 1.165) is 61.0 Å². The van der Waals surface area contributed by atoms with E-state index in [-0.39, 0.29) is 33.4 Å². The van der Waals surface area contributed by atoms with Gasteiger partial charge >= 0.3 is 0 Å². The maximum atomic E-state index is 9.12. The summed E-state index contributed by atoms with van der Waals surface area (Å²) in [4.78, 5) is 7.23. The molecule has 0 radical (unpaired) electrons. The Balaban J connectivity index is 1.09. The second-order valence-electron chi connectivity index (χ2n) is 17.5. The third kappa shape index (κ3) is 6.95. The first-order chi connectivity index (χ1) is 37.0. The summed E-state index contributed by atoms with van der Waals surface area (Å²) in [5.41, 5.74) is 7.88. The summed E-state index contributed by atoms with van der Waals surface area (Å²) in [6.45, 7) is 6.62. The van der Waals surface area contributed by atoms with Crippen molar-refractivity contribution in [2.45, 2.75) is 26.2 Å². The van der Waals surface area contributed by atoms with Crippen LogP contribution in [-0.2, 0) is 5.41 Å². The van der Waals surface area contributed by atoms with Crippen LogP contribution in [0, 0.1) is 6.33 Å². The fourth-order valence-corrected chi connectivity index (χ4v) is 9.32. The molecule has 12 aromatic rings. The molecule has 5 heteroatoms. The smallest absolute Gasteiger partial charge is 0.269 e. The van der Waals surface area contributed by atoms with Crippen molar-refractivity contribution in [1.29, 1.82) is 0 Å². The van der Waals surface area contributed by atoms with Crippen LogP contribution in [0.1, 0.15) is 40.0 Å². The van der Waals surface area contributed by atoms with Crippen LogP contribution in [0.5, 0.6) is 0 Å². The summed E-state index contributed by atoms with van der Waals surface area (Å²) in [5.74, 6) is 0.811. The van der Waals surface area contributed by atoms with Crippen molar-refractivity contribution < 1.29 is 18.3 Å². The van der Waals surface area contributed by atoms with Crippen molar-refractivity contribution in [3.8, 4) is 39.4 Å². The molecule has 3 heterocycles. The van der Waals surface area contributed by atoms with E-state index in [1.807, 2.05) is 71.4 Å². The summed E-state index contributed by atoms with van der Waals surface area (Å²) >= 11 is 0. The van der Waals surface area contributed by atoms with Crippen LogP contribution in [0.15, 0.2) is 230 Å². The SMILES string of the molecule is [2H]c1c([2H])c([2H])c(-c2cccc(-c3c([2H])c([2H])c([2H])c([2H])c3[2H])c2-[n+]2[c-]n(-c3cccc(N(c4ccccc4)c4ccc5c6ccc7ccccc7c6n(-c6cc(C(C)(C)C)ccn6)c5c4)c3)c3ccccc32)c([2H])c1[2H]. The number of anilines is 3. The van der Waals surface area contributed by atoms with Gasteiger partial charge in [0.2, 0.25) is 0 Å². The van der Waals surface area contributed by atoms with Crippen LogP contribution >= 0.6 is 0 Å². The molecule has 5 nitrogen and oxygen atoms in total. The molecule has 0 bridgehead atoms. The van der Waals surface area contributed by atoms with Crippen LogP contribution in [0.25, 0.3) is 83.1 Å². The third-order valence-corrected chi connectivity index (χ3v) is 12.5. The number of benzene rings is 9. The van der Waals surface area contributed by atoms with Gasteiger partial charge in [-0.05, 0) is 93.2 Å². The van der Waals surface area contributed by atoms with E-state index in [4.69, 9.17) is 18.7 Å². The molecule has 67 heavy (non-hydrogen) atoms. The number of fused-ring (bicyclic) bond motifs is 6. The molecule has 0 saturated carbocycles. The number of imidazole rings is 1. The first kappa shape index (κ1) is 30.6. The van der Waals surface area contributed by atoms with Crippen molar-refractivity contribution in [2.24, 2.45) is 0 Å². The molecule has 0 spiro atoms. The van der Waals surface area contributed by atoms with Crippen molar-refractivity contribution in [2.75, 3.05) is 4.90 Å². The van der Waals surface area contributed by atoms with E-state index in [9.17, 15) is 0 Å². The molecule has 0 aliphatic heterocycles. The molecular weight excluding hydrogens is 815 g/mol. The Hall–Kier alpha value is -8.54. The lowest BCUT2D eigenvalue weighted by Gasteiger charge is -2.26. The van der Waals surface area contributed by atoms with E-state index in [0.29, 0.717) is 16.7 Å². The maximum Gasteiger partial charge on any atom is 0.269 e. The van der Waals surface area contributed by atoms with Crippen molar-refractivity contribution >= 4 is 60.7 Å². The molecule has 0 aliphatic carbocycles. The van der Waals surface area contributed by atoms with Gasteiger partial charge in [0.25, 0.3) is 6.33 Å². The lowest BCUT2D eigenvalue weighted by Crippen LogP contribution is -2.31. The van der Waals surface area contributed by atoms with Gasteiger partial charge in [-0.15, -0.1) is 0 Å². The molecule has 0 atom stereocenters. The lowest BCUT2D eigenvalue weighted by atomic mass is 9.88. The molecule has 0 fully saturated rings. The highest BCUT2D eigenvalue weighted by Crippen LogP contribution is 2.42. The van der Waals surface area contributed by atoms with E-state index in [1.165, 1.54) is 0 Å². The van der Waals surface area contributed by atoms with Crippen LogP contribution in [0.4, 0.5) is 17.1 Å². The zero-order chi connectivity index (χ0) is 53.8. The second-order valence-corrected chi connectivity index (χ2v) is 17.5. The van der Waals surface area contributed by atoms with Crippen LogP contribution in [0.2, 0.25) is 0 Å². The molecular formula is C62H47N5. The molecule has 0 unspecified atom stereocenters. The Kier molecular flexibility index (Phi) is 7.37. The van der Waals surface area contributed by atoms with Gasteiger partial charge in [0.05, 0.1) is 47.1 Å². The number of pyridine rings is 1. The van der Waals surface area contributed by atoms with E-state index in [2.05, 4.69) is 121 Å². The molecule has 12 rings (SSSR count). The Morgan fingerprint density at radius 2 is 1.21 bits per heavy atom. The summed E-state index contributed by atoms with van der Waals surface area (Å²) in [6.07, 6.45) is 5.43. The summed E-state index contributed by atoms with van der Waals surface area (Å²) in [7, 11) is 0. The van der Waals surface area contributed by atoms with E-state index in [1.54, 1.807) is 22.8 Å². The minimum absolute atomic E-state index is 0.124. The average molecular weight is 872 g/mol. The predicted octanol–water partition coefficient (Wildman–Crippen LogP) is 15.5. The van der Waals surface area contributed by atoms with E-state index >= 15 is 0 Å². The molecule has 9 aromatic carbocycles. The first-order valence-electron chi connectivity index (χ1n) is 27.1. The van der Waals surface area contributed by atoms with Gasteiger partial charge in [-0.1, -0.05) is 190 Å². The molecule has 0 N–H and O–H groups in total. The normalized spacial score (nSPS) is 13.9. The Bertz CT molecular complexity index is 4260. The Morgan fingerprint density at radius 1 is 0.552 bits per heavy atom. The molecule has 0 amide bonds. The number of para-hydroxylation sites is 4. The second kappa shape index (κ2) is 16.2. The van der Waals surface area contributed by atoms with Gasteiger partial charge in [-0.3, -0.25) is 13.7 Å². The van der Waals surface area contributed by atoms with Crippen molar-refractivity contribution in [3.05, 3.63) is 242 Å². The quantitative estimate of drug-likeness (QED) is 0.112. The summed E-state index contributed by atoms with van der Waals surface area (Å²) in [5, 5.41) is 4.41. The summed E-state index contributed by atoms with van der Waals surface area (Å²) < 4.78 is 93.8. The first-order valence-corrected chi connectivity index (χ1v) is 22.1. The van der Waals surface area contributed by atoms with Crippen molar-refractivity contribution in [1.82, 2.24) is 14.1 Å². The molecule has 3 aromatic heterocycles. The monoisotopic (exact) mass is 871 g/mol. The fraction of sp³-hybridized carbons (Fsp3) is 0.0645. The van der Waals surface area contributed by atoms with Crippen LogP contribution in [-0.4, -0.2) is 14.1 Å². The fourth-order valence-electron chi connectivity index (χ4n) is 9.32. The third-order valence-electron chi connectivity index (χ3n) is 12.5. The lowest BCUT2D eigenvalue weighted by molar-refractivity contribution is -0.571. The summed E-state index contributed by atoms with van der Waals surface area (Å²) in [6, 6.07) is 48.9. The van der Waals surface area contributed by atoms with Gasteiger partial charge in [0.1, 0.15) is 5.82 Å². The van der Waals surface area contributed by atoms with Gasteiger partial charge in [0, 0.05) is 39.4 Å². The maximum absolute atomic E-state index is 9.12. The van der Waals surface area contributed by atoms with Crippen molar-refractivity contribution in [3.63, 3.8) is 0 Å². The van der Waals surface area contributed by atoms with E-state index < -0.39 is 60.4 Å². The Labute approximate surface area is 404 Å². The largest absolute Gasteiger partial charge is 0.311 e. The molecule has 320 valence electrons. The number of aromatic nitrogens is 4. The zero-order valence-electron chi connectivity index (χ0n) is 46.9. The number of nitrogens with zero attached hydrogens (tertiary/aromatic N) is 5. The number of rotatable bonds is 8. The highest BCUT2D eigenvalue weighted by atomic mass is 15.2. The average Bonchev–Trinajstić information content (AvgIpc) is 4.26. The van der Waals surface area contributed by atoms with Gasteiger partial charge in [-0.2, -0.15) is 0 Å². The van der Waals surface area contributed by atoms with Gasteiger partial charge < -0.3 is 4.90 Å². The zero-order valence-corrected chi connectivity index (χ0v) is 36.9. The number of hydrogen-bond acceptors (Lipinski definition) is 2. The van der Waals surface area contributed by atoms with Crippen LogP contribution < -0.4 is 9.47 Å². The minimum Gasteiger partial charge on any atom is -0.311 e. The minimum atomic E-state index is -0.564. The topological polar surface area (TPSA) is 29.9 Å². The Morgan fingerprint density at radius 3 is 1.97 bits per heavy atom. The molecule has 0 saturated heterocycles. The van der Waals surface area contributed by atoms with Gasteiger partial charge in [-0.25, -0.2) is 4.98 Å². The predicted molar refractivity (Wildman–Crippen MR) is 278 cm³/mol. The highest BCUT2D eigenvalue weighted by molar-refractivity contribution is 6.19. The number of hydrogen-bond donors (Lipinski definition) is 0. The molecule has 0 aliphatic rings. The van der Waals surface area contributed by atoms with Gasteiger partial charge in [0.15, 0.2) is 0 Å². The highest BCUT2D eigenvalue weighted by Gasteiger charge is 2.23. The van der Waals surface area contributed by atoms with Crippen LogP contribution in [0.3, 0.4) is 0 Å².